The highest BCUT2D eigenvalue weighted by atomic mass is 79.9. The first-order chi connectivity index (χ1) is 8.93. The maximum atomic E-state index is 12.2. The lowest BCUT2D eigenvalue weighted by molar-refractivity contribution is -0.161. The van der Waals surface area contributed by atoms with E-state index in [2.05, 4.69) is 36.7 Å². The second kappa shape index (κ2) is 8.92. The lowest BCUT2D eigenvalue weighted by Gasteiger charge is -2.38. The Hall–Kier alpha value is -0.133. The first-order valence-electron chi connectivity index (χ1n) is 7.06. The van der Waals surface area contributed by atoms with Gasteiger partial charge in [0.05, 0.1) is 6.61 Å². The fraction of sp³-hybridized carbons (Fsp3) is 0.786. The van der Waals surface area contributed by atoms with Gasteiger partial charge in [-0.15, -0.1) is 0 Å². The van der Waals surface area contributed by atoms with E-state index in [1.165, 1.54) is 0 Å². The molecular weight excluding hydrogens is 324 g/mol. The maximum absolute atomic E-state index is 12.2. The summed E-state index contributed by atoms with van der Waals surface area (Å²) in [5, 5.41) is 0. The third-order valence-corrected chi connectivity index (χ3v) is 8.80. The molecule has 0 aromatic heterocycles. The van der Waals surface area contributed by atoms with Gasteiger partial charge in [0.1, 0.15) is 0 Å². The number of rotatable bonds is 9. The average molecular weight is 351 g/mol. The first kappa shape index (κ1) is 18.9. The molecule has 112 valence electrons. The molecule has 0 radical (unpaired) electrons. The molecule has 0 heterocycles. The van der Waals surface area contributed by atoms with Crippen LogP contribution in [0.2, 0.25) is 18.1 Å². The van der Waals surface area contributed by atoms with Crippen molar-refractivity contribution < 1.29 is 14.0 Å². The van der Waals surface area contributed by atoms with E-state index in [0.29, 0.717) is 13.0 Å². The molecule has 0 N–H and O–H groups in total. The molecule has 0 saturated heterocycles. The van der Waals surface area contributed by atoms with Crippen molar-refractivity contribution in [2.24, 2.45) is 0 Å². The molecule has 0 aromatic rings. The van der Waals surface area contributed by atoms with Crippen LogP contribution in [-0.4, -0.2) is 26.5 Å². The fourth-order valence-corrected chi connectivity index (χ4v) is 5.41. The van der Waals surface area contributed by atoms with Crippen molar-refractivity contribution in [3.8, 4) is 0 Å². The summed E-state index contributed by atoms with van der Waals surface area (Å²) in [6.07, 6.45) is 2.43. The third-order valence-electron chi connectivity index (χ3n) is 3.68. The van der Waals surface area contributed by atoms with E-state index in [4.69, 9.17) is 9.16 Å². The van der Waals surface area contributed by atoms with Gasteiger partial charge in [-0.3, -0.25) is 0 Å². The van der Waals surface area contributed by atoms with E-state index < -0.39 is 13.9 Å². The molecular formula is C14H27BrO3Si. The normalized spacial score (nSPS) is 15.5. The molecule has 0 spiro atoms. The lowest BCUT2D eigenvalue weighted by atomic mass is 10.0. The molecule has 0 aliphatic heterocycles. The lowest BCUT2D eigenvalue weighted by Crippen LogP contribution is -2.50. The van der Waals surface area contributed by atoms with Crippen LogP contribution in [0, 0.1) is 0 Å². The van der Waals surface area contributed by atoms with E-state index in [1.807, 2.05) is 19.9 Å². The minimum absolute atomic E-state index is 0.257. The number of hydrogen-bond acceptors (Lipinski definition) is 3. The van der Waals surface area contributed by atoms with E-state index in [0.717, 1.165) is 18.1 Å². The second-order valence-corrected chi connectivity index (χ2v) is 10.1. The largest absolute Gasteiger partial charge is 0.464 e. The zero-order valence-electron chi connectivity index (χ0n) is 12.8. The first-order valence-corrected chi connectivity index (χ1v) is 10.5. The van der Waals surface area contributed by atoms with Crippen LogP contribution < -0.4 is 0 Å². The molecule has 0 unspecified atom stereocenters. The monoisotopic (exact) mass is 350 g/mol. The second-order valence-electron chi connectivity index (χ2n) is 4.86. The fourth-order valence-electron chi connectivity index (χ4n) is 2.16. The van der Waals surface area contributed by atoms with Crippen LogP contribution in [-0.2, 0) is 14.0 Å². The highest BCUT2D eigenvalue weighted by Gasteiger charge is 2.43. The van der Waals surface area contributed by atoms with Gasteiger partial charge in [0.25, 0.3) is 0 Å². The van der Waals surface area contributed by atoms with Crippen molar-refractivity contribution in [2.75, 3.05) is 6.61 Å². The molecule has 3 nitrogen and oxygen atoms in total. The van der Waals surface area contributed by atoms with Crippen molar-refractivity contribution in [2.45, 2.75) is 64.8 Å². The maximum Gasteiger partial charge on any atom is 0.337 e. The van der Waals surface area contributed by atoms with Gasteiger partial charge in [0.15, 0.2) is 13.9 Å². The summed E-state index contributed by atoms with van der Waals surface area (Å²) in [6, 6.07) is 3.06. The van der Waals surface area contributed by atoms with Crippen LogP contribution in [0.5, 0.6) is 0 Å². The topological polar surface area (TPSA) is 35.5 Å². The van der Waals surface area contributed by atoms with Gasteiger partial charge >= 0.3 is 5.97 Å². The van der Waals surface area contributed by atoms with Crippen LogP contribution >= 0.6 is 15.9 Å². The van der Waals surface area contributed by atoms with Gasteiger partial charge in [-0.1, -0.05) is 42.8 Å². The summed E-state index contributed by atoms with van der Waals surface area (Å²) in [6.45, 7) is 10.5. The van der Waals surface area contributed by atoms with Gasteiger partial charge in [-0.25, -0.2) is 4.79 Å². The molecule has 19 heavy (non-hydrogen) atoms. The van der Waals surface area contributed by atoms with Gasteiger partial charge in [-0.05, 0) is 37.0 Å². The SMILES string of the molecule is CCOC(=O)[C@@](C)(C/C=C/Br)O[Si](CC)(CC)CC. The number of carbonyl (C=O) groups excluding carboxylic acids is 1. The molecule has 0 fully saturated rings. The van der Waals surface area contributed by atoms with Crippen molar-refractivity contribution in [3.05, 3.63) is 11.1 Å². The number of esters is 1. The molecule has 5 heteroatoms. The summed E-state index contributed by atoms with van der Waals surface area (Å²) >= 11 is 3.24. The Morgan fingerprint density at radius 2 is 1.74 bits per heavy atom. The molecule has 0 saturated carbocycles. The number of carbonyl (C=O) groups is 1. The third kappa shape index (κ3) is 5.40. The van der Waals surface area contributed by atoms with E-state index >= 15 is 0 Å². The van der Waals surface area contributed by atoms with E-state index in [9.17, 15) is 4.79 Å². The number of hydrogen-bond donors (Lipinski definition) is 0. The minimum atomic E-state index is -1.84. The van der Waals surface area contributed by atoms with Crippen LogP contribution in [0.1, 0.15) is 41.0 Å². The molecule has 0 aliphatic carbocycles. The Bertz CT molecular complexity index is 295. The van der Waals surface area contributed by atoms with Gasteiger partial charge in [0.2, 0.25) is 0 Å². The zero-order valence-corrected chi connectivity index (χ0v) is 15.4. The predicted molar refractivity (Wildman–Crippen MR) is 86.0 cm³/mol. The number of halogens is 1. The Morgan fingerprint density at radius 1 is 1.21 bits per heavy atom. The van der Waals surface area contributed by atoms with E-state index in [1.54, 1.807) is 4.99 Å². The molecule has 1 atom stereocenters. The summed E-state index contributed by atoms with van der Waals surface area (Å²) in [5.74, 6) is -0.257. The average Bonchev–Trinajstić information content (AvgIpc) is 2.43. The van der Waals surface area contributed by atoms with Crippen LogP contribution in [0.3, 0.4) is 0 Å². The Morgan fingerprint density at radius 3 is 2.11 bits per heavy atom. The van der Waals surface area contributed by atoms with Gasteiger partial charge < -0.3 is 9.16 Å². The summed E-state index contributed by atoms with van der Waals surface area (Å²) < 4.78 is 11.6. The van der Waals surface area contributed by atoms with Crippen LogP contribution in [0.15, 0.2) is 11.1 Å². The summed E-state index contributed by atoms with van der Waals surface area (Å²) in [4.78, 5) is 14.0. The van der Waals surface area contributed by atoms with Crippen LogP contribution in [0.4, 0.5) is 0 Å². The Balaban J connectivity index is 5.18. The van der Waals surface area contributed by atoms with Crippen molar-refractivity contribution in [3.63, 3.8) is 0 Å². The Kier molecular flexibility index (Phi) is 8.86. The smallest absolute Gasteiger partial charge is 0.337 e. The van der Waals surface area contributed by atoms with Crippen molar-refractivity contribution in [1.29, 1.82) is 0 Å². The van der Waals surface area contributed by atoms with E-state index in [-0.39, 0.29) is 5.97 Å². The summed E-state index contributed by atoms with van der Waals surface area (Å²) in [5.41, 5.74) is -0.867. The summed E-state index contributed by atoms with van der Waals surface area (Å²) in [7, 11) is -1.84. The zero-order chi connectivity index (χ0) is 14.9. The van der Waals surface area contributed by atoms with Crippen molar-refractivity contribution in [1.82, 2.24) is 0 Å². The molecule has 0 amide bonds. The predicted octanol–water partition coefficient (Wildman–Crippen LogP) is 4.63. The molecule has 0 aromatic carbocycles. The highest BCUT2D eigenvalue weighted by molar-refractivity contribution is 9.11. The standard InChI is InChI=1S/C14H27BrO3Si/c1-6-17-13(16)14(5,11-10-12-15)18-19(7-2,8-3)9-4/h10,12H,6-9,11H2,1-5H3/b12-10+/t14-/m1/s1. The Labute approximate surface area is 127 Å². The minimum Gasteiger partial charge on any atom is -0.464 e. The molecule has 0 rings (SSSR count). The number of ether oxygens (including phenoxy) is 1. The van der Waals surface area contributed by atoms with Crippen LogP contribution in [0.25, 0.3) is 0 Å². The quantitative estimate of drug-likeness (QED) is 0.449. The van der Waals surface area contributed by atoms with Crippen molar-refractivity contribution >= 4 is 30.2 Å². The molecule has 0 bridgehead atoms. The highest BCUT2D eigenvalue weighted by Crippen LogP contribution is 2.31. The van der Waals surface area contributed by atoms with Gasteiger partial charge in [-0.2, -0.15) is 0 Å². The van der Waals surface area contributed by atoms with Gasteiger partial charge in [0, 0.05) is 6.42 Å². The molecule has 0 aliphatic rings.